The number of hydrogen-bond acceptors (Lipinski definition) is 10. The Labute approximate surface area is 347 Å². The number of allylic oxidation sites excluding steroid dienone is 2. The number of carbonyl (C=O) groups is 4. The molecule has 6 rings (SSSR count). The fourth-order valence-electron chi connectivity index (χ4n) is 7.91. The van der Waals surface area contributed by atoms with Gasteiger partial charge in [0.2, 0.25) is 21.8 Å². The SMILES string of the molecule is C.COC(=O)N[C@H](C(=O)N1CCC[C@H]1C1=NC=C(c2ccc(-c3ccc(C4=CN=C([C@@H]5CN(S(C)(=O)=O)CN5C(=O)[C@@H](NC(=O)OC)C(C)C)C4)cc3)cc2)C1)C(C)C. The quantitative estimate of drug-likeness (QED) is 0.280. The molecule has 0 aliphatic carbocycles. The van der Waals surface area contributed by atoms with Crippen molar-refractivity contribution in [2.24, 2.45) is 21.8 Å². The minimum atomic E-state index is -3.61. The average molecular weight is 832 g/mol. The topological polar surface area (TPSA) is 179 Å². The van der Waals surface area contributed by atoms with E-state index in [1.165, 1.54) is 23.4 Å². The van der Waals surface area contributed by atoms with Crippen molar-refractivity contribution < 1.29 is 37.1 Å². The summed E-state index contributed by atoms with van der Waals surface area (Å²) in [5.74, 6) is -0.898. The van der Waals surface area contributed by atoms with Crippen molar-refractivity contribution in [2.45, 2.75) is 85.0 Å². The van der Waals surface area contributed by atoms with E-state index >= 15 is 0 Å². The molecule has 0 unspecified atom stereocenters. The summed E-state index contributed by atoms with van der Waals surface area (Å²) in [6.07, 6.45) is 6.17. The van der Waals surface area contributed by atoms with Crippen LogP contribution in [0, 0.1) is 11.8 Å². The van der Waals surface area contributed by atoms with Crippen molar-refractivity contribution in [2.75, 3.05) is 40.2 Å². The van der Waals surface area contributed by atoms with Crippen molar-refractivity contribution in [3.8, 4) is 11.1 Å². The van der Waals surface area contributed by atoms with E-state index in [1.807, 2.05) is 49.2 Å². The molecule has 4 aliphatic heterocycles. The summed E-state index contributed by atoms with van der Waals surface area (Å²) in [6.45, 7) is 7.95. The molecule has 2 fully saturated rings. The van der Waals surface area contributed by atoms with E-state index in [1.54, 1.807) is 20.0 Å². The van der Waals surface area contributed by atoms with Gasteiger partial charge in [-0.15, -0.1) is 0 Å². The molecule has 2 aromatic rings. The van der Waals surface area contributed by atoms with Gasteiger partial charge in [-0.2, -0.15) is 4.31 Å². The maximum atomic E-state index is 13.8. The summed E-state index contributed by atoms with van der Waals surface area (Å²) >= 11 is 0. The lowest BCUT2D eigenvalue weighted by atomic mass is 9.94. The van der Waals surface area contributed by atoms with E-state index in [-0.39, 0.29) is 44.4 Å². The molecule has 2 N–H and O–H groups in total. The highest BCUT2D eigenvalue weighted by molar-refractivity contribution is 7.88. The minimum absolute atomic E-state index is 0. The van der Waals surface area contributed by atoms with Gasteiger partial charge in [-0.05, 0) is 58.1 Å². The molecule has 4 heterocycles. The summed E-state index contributed by atoms with van der Waals surface area (Å²) in [7, 11) is -1.10. The maximum Gasteiger partial charge on any atom is 0.407 e. The van der Waals surface area contributed by atoms with E-state index in [9.17, 15) is 27.6 Å². The first kappa shape index (κ1) is 44.7. The van der Waals surface area contributed by atoms with Gasteiger partial charge in [0.05, 0.1) is 39.2 Å². The molecule has 15 nitrogen and oxygen atoms in total. The highest BCUT2D eigenvalue weighted by atomic mass is 32.2. The van der Waals surface area contributed by atoms with Crippen LogP contribution in [0.25, 0.3) is 22.3 Å². The number of alkyl carbamates (subject to hydrolysis) is 2. The number of carbonyl (C=O) groups excluding carboxylic acids is 4. The smallest absolute Gasteiger partial charge is 0.407 e. The largest absolute Gasteiger partial charge is 0.453 e. The summed E-state index contributed by atoms with van der Waals surface area (Å²) in [6, 6.07) is 14.2. The number of methoxy groups -OCH3 is 2. The Morgan fingerprint density at radius 3 is 1.54 bits per heavy atom. The lowest BCUT2D eigenvalue weighted by Gasteiger charge is -2.31. The predicted molar refractivity (Wildman–Crippen MR) is 229 cm³/mol. The first-order valence-electron chi connectivity index (χ1n) is 19.6. The lowest BCUT2D eigenvalue weighted by Crippen LogP contribution is -2.54. The lowest BCUT2D eigenvalue weighted by molar-refractivity contribution is -0.135. The average Bonchev–Trinajstić information content (AvgIpc) is 4.04. The van der Waals surface area contributed by atoms with Gasteiger partial charge in [0.15, 0.2) is 0 Å². The van der Waals surface area contributed by atoms with Crippen LogP contribution in [0.5, 0.6) is 0 Å². The number of amides is 4. The van der Waals surface area contributed by atoms with E-state index in [0.717, 1.165) is 58.2 Å². The Bertz CT molecular complexity index is 2150. The molecule has 0 bridgehead atoms. The molecule has 0 saturated carbocycles. The van der Waals surface area contributed by atoms with Crippen LogP contribution in [0.3, 0.4) is 0 Å². The molecule has 318 valence electrons. The van der Waals surface area contributed by atoms with Crippen molar-refractivity contribution in [3.63, 3.8) is 0 Å². The summed E-state index contributed by atoms with van der Waals surface area (Å²) in [4.78, 5) is 64.2. The minimum Gasteiger partial charge on any atom is -0.453 e. The molecule has 2 saturated heterocycles. The van der Waals surface area contributed by atoms with Gasteiger partial charge in [-0.3, -0.25) is 19.6 Å². The zero-order chi connectivity index (χ0) is 41.9. The van der Waals surface area contributed by atoms with Crippen molar-refractivity contribution in [1.82, 2.24) is 24.7 Å². The van der Waals surface area contributed by atoms with Crippen LogP contribution in [-0.2, 0) is 29.1 Å². The normalized spacial score (nSPS) is 20.4. The summed E-state index contributed by atoms with van der Waals surface area (Å²) < 4.78 is 35.9. The van der Waals surface area contributed by atoms with Gasteiger partial charge >= 0.3 is 12.2 Å². The number of nitrogens with zero attached hydrogens (tertiary/aromatic N) is 5. The zero-order valence-corrected chi connectivity index (χ0v) is 34.9. The Hall–Kier alpha value is -5.35. The Kier molecular flexibility index (Phi) is 14.2. The number of hydrogen-bond donors (Lipinski definition) is 2. The van der Waals surface area contributed by atoms with Gasteiger partial charge in [0, 0.05) is 49.8 Å². The number of sulfonamides is 1. The number of benzene rings is 2. The van der Waals surface area contributed by atoms with Crippen molar-refractivity contribution in [1.29, 1.82) is 0 Å². The van der Waals surface area contributed by atoms with Crippen molar-refractivity contribution >= 4 is 56.6 Å². The molecule has 4 amide bonds. The van der Waals surface area contributed by atoms with Crippen LogP contribution >= 0.6 is 0 Å². The van der Waals surface area contributed by atoms with Gasteiger partial charge in [-0.25, -0.2) is 18.0 Å². The summed E-state index contributed by atoms with van der Waals surface area (Å²) in [5, 5.41) is 5.30. The van der Waals surface area contributed by atoms with Gasteiger partial charge in [0.1, 0.15) is 12.1 Å². The summed E-state index contributed by atoms with van der Waals surface area (Å²) in [5.41, 5.74) is 7.73. The Morgan fingerprint density at radius 2 is 1.12 bits per heavy atom. The standard InChI is InChI=1S/C42H53N7O8S.CH4/c1-25(2)37(45-41(52)56-5)39(50)48-18-8-9-35(48)33-19-31(21-43-33)29-14-10-27(11-15-29)28-12-16-30(17-13-28)32-20-34(44-22-32)36-23-47(58(7,54)55)24-49(36)40(51)38(26(3)4)46-42(53)57-6;/h10-17,21-22,25-26,35-38H,8-9,18-20,23-24H2,1-7H3,(H,45,52)(H,46,53);1H4/t35-,36-,37-,38-;/m0./s1. The Balaban J connectivity index is 0.00000661. The van der Waals surface area contributed by atoms with Crippen molar-refractivity contribution in [3.05, 3.63) is 72.1 Å². The molecular weight excluding hydrogens is 775 g/mol. The fourth-order valence-corrected chi connectivity index (χ4v) is 8.65. The maximum absolute atomic E-state index is 13.8. The molecule has 4 atom stereocenters. The first-order valence-corrected chi connectivity index (χ1v) is 21.4. The molecule has 4 aliphatic rings. The highest BCUT2D eigenvalue weighted by Crippen LogP contribution is 2.34. The molecule has 0 aromatic heterocycles. The van der Waals surface area contributed by atoms with Gasteiger partial charge < -0.3 is 29.9 Å². The van der Waals surface area contributed by atoms with E-state index < -0.39 is 46.2 Å². The molecule has 0 spiro atoms. The predicted octanol–water partition coefficient (Wildman–Crippen LogP) is 5.54. The number of aliphatic imine (C=N–C) groups is 2. The number of ether oxygens (including phenoxy) is 2. The third kappa shape index (κ3) is 9.93. The fraction of sp³-hybridized carbons (Fsp3) is 0.488. The second-order valence-corrected chi connectivity index (χ2v) is 17.8. The third-order valence-electron chi connectivity index (χ3n) is 11.3. The first-order chi connectivity index (χ1) is 27.6. The van der Waals surface area contributed by atoms with Crippen LogP contribution in [-0.4, -0.2) is 122 Å². The second-order valence-electron chi connectivity index (χ2n) is 15.8. The number of likely N-dealkylation sites (tertiary alicyclic amines) is 1. The van der Waals surface area contributed by atoms with Gasteiger partial charge in [0.25, 0.3) is 0 Å². The molecule has 16 heteroatoms. The van der Waals surface area contributed by atoms with E-state index in [0.29, 0.717) is 25.1 Å². The highest BCUT2D eigenvalue weighted by Gasteiger charge is 2.44. The van der Waals surface area contributed by atoms with Crippen LogP contribution in [0.4, 0.5) is 9.59 Å². The van der Waals surface area contributed by atoms with Gasteiger partial charge in [-0.1, -0.05) is 83.7 Å². The van der Waals surface area contributed by atoms with Crippen LogP contribution in [0.2, 0.25) is 0 Å². The molecule has 0 radical (unpaired) electrons. The number of rotatable bonds is 12. The van der Waals surface area contributed by atoms with Crippen LogP contribution < -0.4 is 10.6 Å². The number of nitrogens with one attached hydrogen (secondary N) is 2. The van der Waals surface area contributed by atoms with Crippen LogP contribution in [0.1, 0.15) is 71.9 Å². The third-order valence-corrected chi connectivity index (χ3v) is 12.5. The molecule has 2 aromatic carbocycles. The van der Waals surface area contributed by atoms with Crippen LogP contribution in [0.15, 0.2) is 70.9 Å². The van der Waals surface area contributed by atoms with E-state index in [2.05, 4.69) is 39.9 Å². The molecule has 59 heavy (non-hydrogen) atoms. The zero-order valence-electron chi connectivity index (χ0n) is 34.1. The Morgan fingerprint density at radius 1 is 0.695 bits per heavy atom. The van der Waals surface area contributed by atoms with E-state index in [4.69, 9.17) is 14.5 Å². The monoisotopic (exact) mass is 831 g/mol. The molecular formula is C43H57N7O8S. The second kappa shape index (κ2) is 18.7.